The third-order valence-electron chi connectivity index (χ3n) is 1.90. The van der Waals surface area contributed by atoms with Crippen LogP contribution in [0.2, 0.25) is 0 Å². The van der Waals surface area contributed by atoms with Crippen LogP contribution < -0.4 is 21.9 Å². The van der Waals surface area contributed by atoms with Gasteiger partial charge in [-0.15, -0.1) is 0 Å². The van der Waals surface area contributed by atoms with Gasteiger partial charge in [-0.3, -0.25) is 14.4 Å². The van der Waals surface area contributed by atoms with Crippen molar-refractivity contribution >= 4 is 29.4 Å². The Bertz CT molecular complexity index is 516. The Morgan fingerprint density at radius 1 is 1.42 bits per heavy atom. The standard InChI is InChI=1S/C10H15N5O3S/c1-6(16)12-2-3-13-9(18)5-19-10-14-7(11)4-8(17)15-10/h4H,2-3,5H2,1H3,(H,12,16)(H,13,18)(H3,11,14,15,17). The second-order valence-electron chi connectivity index (χ2n) is 3.60. The Morgan fingerprint density at radius 3 is 2.74 bits per heavy atom. The van der Waals surface area contributed by atoms with Gasteiger partial charge in [-0.05, 0) is 0 Å². The van der Waals surface area contributed by atoms with Crippen LogP contribution in [0.3, 0.4) is 0 Å². The van der Waals surface area contributed by atoms with E-state index in [1.54, 1.807) is 0 Å². The van der Waals surface area contributed by atoms with E-state index in [0.717, 1.165) is 17.8 Å². The molecule has 0 atom stereocenters. The lowest BCUT2D eigenvalue weighted by Gasteiger charge is -2.05. The Balaban J connectivity index is 2.30. The van der Waals surface area contributed by atoms with Gasteiger partial charge in [0.15, 0.2) is 5.16 Å². The summed E-state index contributed by atoms with van der Waals surface area (Å²) < 4.78 is 0. The fraction of sp³-hybridized carbons (Fsp3) is 0.400. The fourth-order valence-electron chi connectivity index (χ4n) is 1.15. The first-order chi connectivity index (χ1) is 8.97. The van der Waals surface area contributed by atoms with Gasteiger partial charge >= 0.3 is 0 Å². The van der Waals surface area contributed by atoms with Crippen molar-refractivity contribution in [1.82, 2.24) is 20.6 Å². The number of carbonyl (C=O) groups is 2. The maximum absolute atomic E-state index is 11.4. The molecule has 5 N–H and O–H groups in total. The number of aromatic amines is 1. The molecular weight excluding hydrogens is 270 g/mol. The van der Waals surface area contributed by atoms with Gasteiger partial charge in [-0.2, -0.15) is 0 Å². The number of amides is 2. The minimum atomic E-state index is -0.360. The molecule has 0 saturated carbocycles. The summed E-state index contributed by atoms with van der Waals surface area (Å²) in [5, 5.41) is 5.46. The number of nitrogens with zero attached hydrogens (tertiary/aromatic N) is 1. The van der Waals surface area contributed by atoms with Gasteiger partial charge in [0.1, 0.15) is 5.82 Å². The zero-order valence-corrected chi connectivity index (χ0v) is 11.2. The summed E-state index contributed by atoms with van der Waals surface area (Å²) in [7, 11) is 0. The summed E-state index contributed by atoms with van der Waals surface area (Å²) in [4.78, 5) is 39.5. The van der Waals surface area contributed by atoms with Crippen molar-refractivity contribution in [3.05, 3.63) is 16.4 Å². The number of rotatable bonds is 6. The van der Waals surface area contributed by atoms with Gasteiger partial charge in [-0.25, -0.2) is 4.98 Å². The molecule has 2 amide bonds. The minimum Gasteiger partial charge on any atom is -0.383 e. The van der Waals surface area contributed by atoms with Crippen LogP contribution in [-0.2, 0) is 9.59 Å². The SMILES string of the molecule is CC(=O)NCCNC(=O)CSc1nc(N)cc(=O)[nH]1. The Kier molecular flexibility index (Phi) is 5.86. The highest BCUT2D eigenvalue weighted by Gasteiger charge is 2.05. The van der Waals surface area contributed by atoms with Gasteiger partial charge in [0.05, 0.1) is 5.75 Å². The van der Waals surface area contributed by atoms with E-state index in [1.807, 2.05) is 0 Å². The maximum Gasteiger partial charge on any atom is 0.253 e. The number of hydrogen-bond acceptors (Lipinski definition) is 6. The summed E-state index contributed by atoms with van der Waals surface area (Å²) >= 11 is 1.08. The quantitative estimate of drug-likeness (QED) is 0.292. The van der Waals surface area contributed by atoms with E-state index in [9.17, 15) is 14.4 Å². The number of thioether (sulfide) groups is 1. The second kappa shape index (κ2) is 7.41. The largest absolute Gasteiger partial charge is 0.383 e. The lowest BCUT2D eigenvalue weighted by molar-refractivity contribution is -0.120. The van der Waals surface area contributed by atoms with E-state index in [0.29, 0.717) is 18.2 Å². The summed E-state index contributed by atoms with van der Waals surface area (Å²) in [5.74, 6) is -0.158. The average Bonchev–Trinajstić information content (AvgIpc) is 2.31. The number of anilines is 1. The molecular formula is C10H15N5O3S. The summed E-state index contributed by atoms with van der Waals surface area (Å²) in [6, 6.07) is 1.16. The van der Waals surface area contributed by atoms with Crippen molar-refractivity contribution < 1.29 is 9.59 Å². The van der Waals surface area contributed by atoms with Crippen molar-refractivity contribution in [2.45, 2.75) is 12.1 Å². The number of nitrogens with one attached hydrogen (secondary N) is 3. The van der Waals surface area contributed by atoms with Crippen molar-refractivity contribution in [3.63, 3.8) is 0 Å². The smallest absolute Gasteiger partial charge is 0.253 e. The van der Waals surface area contributed by atoms with Gasteiger partial charge < -0.3 is 21.4 Å². The molecule has 0 aromatic carbocycles. The van der Waals surface area contributed by atoms with Crippen LogP contribution in [0.25, 0.3) is 0 Å². The predicted octanol–water partition coefficient (Wildman–Crippen LogP) is -1.30. The molecule has 1 rings (SSSR count). The molecule has 9 heteroatoms. The van der Waals surface area contributed by atoms with E-state index in [4.69, 9.17) is 5.73 Å². The van der Waals surface area contributed by atoms with Crippen LogP contribution >= 0.6 is 11.8 Å². The van der Waals surface area contributed by atoms with Crippen molar-refractivity contribution in [2.75, 3.05) is 24.6 Å². The van der Waals surface area contributed by atoms with E-state index < -0.39 is 0 Å². The fourth-order valence-corrected chi connectivity index (χ4v) is 1.86. The lowest BCUT2D eigenvalue weighted by atomic mass is 10.5. The number of hydrogen-bond donors (Lipinski definition) is 4. The van der Waals surface area contributed by atoms with Crippen LogP contribution in [-0.4, -0.2) is 40.6 Å². The minimum absolute atomic E-state index is 0.104. The number of nitrogen functional groups attached to an aromatic ring is 1. The second-order valence-corrected chi connectivity index (χ2v) is 4.56. The predicted molar refractivity (Wildman–Crippen MR) is 71.7 cm³/mol. The highest BCUT2D eigenvalue weighted by molar-refractivity contribution is 7.99. The van der Waals surface area contributed by atoms with Gasteiger partial charge in [0.25, 0.3) is 5.56 Å². The van der Waals surface area contributed by atoms with Crippen LogP contribution in [0.15, 0.2) is 16.0 Å². The zero-order valence-electron chi connectivity index (χ0n) is 10.4. The third kappa shape index (κ3) is 6.46. The molecule has 0 fully saturated rings. The highest BCUT2D eigenvalue weighted by atomic mass is 32.2. The first-order valence-corrected chi connectivity index (χ1v) is 6.46. The molecule has 0 spiro atoms. The Labute approximate surface area is 113 Å². The lowest BCUT2D eigenvalue weighted by Crippen LogP contribution is -2.34. The molecule has 1 aromatic heterocycles. The van der Waals surface area contributed by atoms with E-state index in [1.165, 1.54) is 6.92 Å². The third-order valence-corrected chi connectivity index (χ3v) is 2.77. The topological polar surface area (TPSA) is 130 Å². The Hall–Kier alpha value is -2.03. The molecule has 0 bridgehead atoms. The summed E-state index contributed by atoms with van der Waals surface area (Å²) in [6.45, 7) is 2.12. The van der Waals surface area contributed by atoms with Gasteiger partial charge in [0.2, 0.25) is 11.8 Å². The molecule has 0 aliphatic heterocycles. The Morgan fingerprint density at radius 2 is 2.11 bits per heavy atom. The molecule has 0 radical (unpaired) electrons. The molecule has 1 aromatic rings. The first kappa shape index (κ1) is 15.0. The number of H-pyrrole nitrogens is 1. The van der Waals surface area contributed by atoms with Crippen LogP contribution in [0.1, 0.15) is 6.92 Å². The van der Waals surface area contributed by atoms with Crippen LogP contribution in [0, 0.1) is 0 Å². The van der Waals surface area contributed by atoms with E-state index >= 15 is 0 Å². The first-order valence-electron chi connectivity index (χ1n) is 5.48. The number of nitrogens with two attached hydrogens (primary N) is 1. The molecule has 0 unspecified atom stereocenters. The highest BCUT2D eigenvalue weighted by Crippen LogP contribution is 2.10. The molecule has 8 nitrogen and oxygen atoms in total. The van der Waals surface area contributed by atoms with Crippen molar-refractivity contribution in [3.8, 4) is 0 Å². The molecule has 0 saturated heterocycles. The molecule has 19 heavy (non-hydrogen) atoms. The summed E-state index contributed by atoms with van der Waals surface area (Å²) in [6.07, 6.45) is 0. The monoisotopic (exact) mass is 285 g/mol. The summed E-state index contributed by atoms with van der Waals surface area (Å²) in [5.41, 5.74) is 5.05. The van der Waals surface area contributed by atoms with Crippen LogP contribution in [0.5, 0.6) is 0 Å². The normalized spacial score (nSPS) is 9.95. The molecule has 0 aliphatic carbocycles. The van der Waals surface area contributed by atoms with Gasteiger partial charge in [-0.1, -0.05) is 11.8 Å². The van der Waals surface area contributed by atoms with E-state index in [2.05, 4.69) is 20.6 Å². The molecule has 104 valence electrons. The number of carbonyl (C=O) groups excluding carboxylic acids is 2. The average molecular weight is 285 g/mol. The van der Waals surface area contributed by atoms with Crippen molar-refractivity contribution in [2.24, 2.45) is 0 Å². The zero-order chi connectivity index (χ0) is 14.3. The van der Waals surface area contributed by atoms with Crippen molar-refractivity contribution in [1.29, 1.82) is 0 Å². The molecule has 0 aliphatic rings. The van der Waals surface area contributed by atoms with Gasteiger partial charge in [0, 0.05) is 26.1 Å². The maximum atomic E-state index is 11.4. The number of aromatic nitrogens is 2. The van der Waals surface area contributed by atoms with Crippen LogP contribution in [0.4, 0.5) is 5.82 Å². The van der Waals surface area contributed by atoms with E-state index in [-0.39, 0.29) is 28.9 Å². The molecule has 1 heterocycles.